The molecule has 1 atom stereocenters. The van der Waals surface area contributed by atoms with Gasteiger partial charge in [-0.25, -0.2) is 0 Å². The summed E-state index contributed by atoms with van der Waals surface area (Å²) < 4.78 is 0. The molecule has 0 N–H and O–H groups in total. The zero-order valence-corrected chi connectivity index (χ0v) is 17.2. The second kappa shape index (κ2) is 14.8. The van der Waals surface area contributed by atoms with Crippen molar-refractivity contribution in [3.8, 4) is 0 Å². The van der Waals surface area contributed by atoms with Gasteiger partial charge in [-0.3, -0.25) is 0 Å². The first-order chi connectivity index (χ1) is 13.2. The third kappa shape index (κ3) is 10.5. The minimum atomic E-state index is -0.0529. The van der Waals surface area contributed by atoms with Crippen molar-refractivity contribution in [1.29, 1.82) is 0 Å². The van der Waals surface area contributed by atoms with E-state index in [9.17, 15) is 0 Å². The molecule has 0 aliphatic heterocycles. The zero-order valence-electron chi connectivity index (χ0n) is 15.6. The highest BCUT2D eigenvalue weighted by Gasteiger charge is 2.02. The summed E-state index contributed by atoms with van der Waals surface area (Å²) in [6, 6.07) is 30.1. The van der Waals surface area contributed by atoms with Gasteiger partial charge in [-0.05, 0) is 23.6 Å². The second-order valence-corrected chi connectivity index (χ2v) is 6.39. The van der Waals surface area contributed by atoms with Crippen LogP contribution < -0.4 is 0 Å². The van der Waals surface area contributed by atoms with Gasteiger partial charge in [0.2, 0.25) is 0 Å². The molecule has 0 aromatic heterocycles. The van der Waals surface area contributed by atoms with Crippen LogP contribution in [0.1, 0.15) is 29.0 Å². The van der Waals surface area contributed by atoms with Gasteiger partial charge in [0.1, 0.15) is 0 Å². The summed E-state index contributed by atoms with van der Waals surface area (Å²) in [4.78, 5) is 0. The summed E-state index contributed by atoms with van der Waals surface area (Å²) in [5.74, 6) is 0.464. The summed E-state index contributed by atoms with van der Waals surface area (Å²) in [6.07, 6.45) is 5.95. The molecular formula is C25H26Cl2. The fourth-order valence-electron chi connectivity index (χ4n) is 2.10. The topological polar surface area (TPSA) is 0 Å². The first-order valence-electron chi connectivity index (χ1n) is 8.81. The van der Waals surface area contributed by atoms with Crippen molar-refractivity contribution in [3.63, 3.8) is 0 Å². The molecule has 0 amide bonds. The van der Waals surface area contributed by atoms with Crippen LogP contribution in [0.15, 0.2) is 104 Å². The number of hydrogen-bond acceptors (Lipinski definition) is 0. The molecule has 3 aromatic carbocycles. The predicted molar refractivity (Wildman–Crippen MR) is 123 cm³/mol. The number of halogens is 2. The van der Waals surface area contributed by atoms with Crippen LogP contribution in [0.3, 0.4) is 0 Å². The fraction of sp³-hybridized carbons (Fsp3) is 0.120. The molecule has 0 aliphatic carbocycles. The van der Waals surface area contributed by atoms with Crippen LogP contribution in [0.5, 0.6) is 0 Å². The van der Waals surface area contributed by atoms with E-state index in [1.54, 1.807) is 0 Å². The fourth-order valence-corrected chi connectivity index (χ4v) is 2.42. The number of allylic oxidation sites excluding steroid dienone is 1. The SMILES string of the molecule is C=Cc1ccccc1.CC=Cc1ccccc1.ClCC(Cl)c1ccccc1. The Labute approximate surface area is 173 Å². The molecule has 0 aliphatic rings. The van der Waals surface area contributed by atoms with Gasteiger partial charge in [-0.15, -0.1) is 23.2 Å². The summed E-state index contributed by atoms with van der Waals surface area (Å²) >= 11 is 11.4. The number of hydrogen-bond donors (Lipinski definition) is 0. The lowest BCUT2D eigenvalue weighted by atomic mass is 10.2. The molecule has 0 radical (unpaired) electrons. The van der Waals surface area contributed by atoms with Crippen LogP contribution in [0.4, 0.5) is 0 Å². The largest absolute Gasteiger partial charge is 0.125 e. The molecule has 1 unspecified atom stereocenters. The van der Waals surface area contributed by atoms with E-state index in [-0.39, 0.29) is 5.38 Å². The van der Waals surface area contributed by atoms with Crippen LogP contribution in [-0.2, 0) is 0 Å². The van der Waals surface area contributed by atoms with E-state index in [2.05, 4.69) is 24.8 Å². The lowest BCUT2D eigenvalue weighted by Gasteiger charge is -2.03. The molecule has 3 rings (SSSR count). The van der Waals surface area contributed by atoms with Gasteiger partial charge >= 0.3 is 0 Å². The maximum atomic E-state index is 5.86. The Hall–Kier alpha value is -2.28. The molecule has 2 heteroatoms. The molecule has 0 saturated carbocycles. The first kappa shape index (κ1) is 22.8. The van der Waals surface area contributed by atoms with Crippen molar-refractivity contribution in [2.45, 2.75) is 12.3 Å². The molecule has 0 saturated heterocycles. The average Bonchev–Trinajstić information content (AvgIpc) is 2.76. The summed E-state index contributed by atoms with van der Waals surface area (Å²) in [7, 11) is 0. The van der Waals surface area contributed by atoms with Gasteiger partial charge in [0, 0.05) is 5.88 Å². The van der Waals surface area contributed by atoms with Gasteiger partial charge in [-0.2, -0.15) is 0 Å². The number of rotatable bonds is 4. The zero-order chi connectivity index (χ0) is 19.7. The van der Waals surface area contributed by atoms with Crippen LogP contribution in [0, 0.1) is 0 Å². The highest BCUT2D eigenvalue weighted by molar-refractivity contribution is 6.28. The molecule has 0 spiro atoms. The van der Waals surface area contributed by atoms with E-state index < -0.39 is 0 Å². The van der Waals surface area contributed by atoms with E-state index >= 15 is 0 Å². The van der Waals surface area contributed by atoms with E-state index in [4.69, 9.17) is 23.2 Å². The highest BCUT2D eigenvalue weighted by Crippen LogP contribution is 2.20. The molecular weight excluding hydrogens is 371 g/mol. The third-order valence-electron chi connectivity index (χ3n) is 3.49. The van der Waals surface area contributed by atoms with Crippen molar-refractivity contribution in [2.75, 3.05) is 5.88 Å². The van der Waals surface area contributed by atoms with Crippen LogP contribution in [0.2, 0.25) is 0 Å². The van der Waals surface area contributed by atoms with Crippen LogP contribution >= 0.6 is 23.2 Å². The molecule has 3 aromatic rings. The molecule has 0 fully saturated rings. The van der Waals surface area contributed by atoms with Crippen molar-refractivity contribution < 1.29 is 0 Å². The van der Waals surface area contributed by atoms with Crippen LogP contribution in [0.25, 0.3) is 12.2 Å². The maximum absolute atomic E-state index is 5.86. The van der Waals surface area contributed by atoms with Gasteiger partial charge in [-0.1, -0.05) is 116 Å². The Morgan fingerprint density at radius 1 is 0.778 bits per heavy atom. The van der Waals surface area contributed by atoms with Gasteiger partial charge in [0.15, 0.2) is 0 Å². The van der Waals surface area contributed by atoms with Crippen molar-refractivity contribution >= 4 is 35.4 Å². The lowest BCUT2D eigenvalue weighted by molar-refractivity contribution is 1.09. The summed E-state index contributed by atoms with van der Waals surface area (Å²) in [5.41, 5.74) is 3.52. The predicted octanol–water partition coefficient (Wildman–Crippen LogP) is 8.25. The standard InChI is InChI=1S/C9H10.C8H8Cl2.C8H8/c1-2-6-9-7-4-3-5-8-9;9-6-8(10)7-4-2-1-3-5-7;1-2-8-6-4-3-5-7-8/h2-8H,1H3;1-5,8H,6H2;2-7H,1H2. The van der Waals surface area contributed by atoms with Crippen molar-refractivity contribution in [1.82, 2.24) is 0 Å². The van der Waals surface area contributed by atoms with E-state index in [0.29, 0.717) is 5.88 Å². The molecule has 0 bridgehead atoms. The normalized spacial score (nSPS) is 10.8. The minimum absolute atomic E-state index is 0.0529. The lowest BCUT2D eigenvalue weighted by Crippen LogP contribution is -1.89. The van der Waals surface area contributed by atoms with E-state index in [1.165, 1.54) is 11.1 Å². The van der Waals surface area contributed by atoms with Crippen molar-refractivity contribution in [2.24, 2.45) is 0 Å². The Kier molecular flexibility index (Phi) is 12.5. The number of alkyl halides is 2. The molecule has 140 valence electrons. The molecule has 27 heavy (non-hydrogen) atoms. The highest BCUT2D eigenvalue weighted by atomic mass is 35.5. The Bertz CT molecular complexity index is 750. The summed E-state index contributed by atoms with van der Waals surface area (Å²) in [5, 5.41) is -0.0529. The van der Waals surface area contributed by atoms with E-state index in [0.717, 1.165) is 5.56 Å². The van der Waals surface area contributed by atoms with Crippen molar-refractivity contribution in [3.05, 3.63) is 120 Å². The summed E-state index contributed by atoms with van der Waals surface area (Å²) in [6.45, 7) is 5.65. The Morgan fingerprint density at radius 3 is 1.59 bits per heavy atom. The average molecular weight is 397 g/mol. The first-order valence-corrected chi connectivity index (χ1v) is 9.78. The monoisotopic (exact) mass is 396 g/mol. The quantitative estimate of drug-likeness (QED) is 0.389. The molecule has 0 nitrogen and oxygen atoms in total. The second-order valence-electron chi connectivity index (χ2n) is 5.56. The Balaban J connectivity index is 0.000000204. The Morgan fingerprint density at radius 2 is 1.22 bits per heavy atom. The number of benzene rings is 3. The molecule has 0 heterocycles. The maximum Gasteiger partial charge on any atom is 0.0720 e. The smallest absolute Gasteiger partial charge is 0.0720 e. The minimum Gasteiger partial charge on any atom is -0.125 e. The van der Waals surface area contributed by atoms with Gasteiger partial charge < -0.3 is 0 Å². The van der Waals surface area contributed by atoms with Crippen LogP contribution in [-0.4, -0.2) is 5.88 Å². The van der Waals surface area contributed by atoms with Gasteiger partial charge in [0.25, 0.3) is 0 Å². The van der Waals surface area contributed by atoms with Gasteiger partial charge in [0.05, 0.1) is 5.38 Å². The van der Waals surface area contributed by atoms with E-state index in [1.807, 2.05) is 97.9 Å². The third-order valence-corrected chi connectivity index (χ3v) is 4.36.